The SMILES string of the molecule is Cc1nn(CS(=O)(=O)CC(=O)O)c(C)c1Cl. The van der Waals surface area contributed by atoms with Crippen molar-refractivity contribution in [2.45, 2.75) is 19.7 Å². The molecule has 1 N–H and O–H groups in total. The molecule has 0 unspecified atom stereocenters. The molecule has 0 saturated carbocycles. The Labute approximate surface area is 97.7 Å². The number of carbonyl (C=O) groups is 1. The molecule has 1 heterocycles. The molecule has 16 heavy (non-hydrogen) atoms. The topological polar surface area (TPSA) is 89.3 Å². The Morgan fingerprint density at radius 2 is 2.06 bits per heavy atom. The van der Waals surface area contributed by atoms with Crippen LogP contribution in [0.3, 0.4) is 0 Å². The number of halogens is 1. The summed E-state index contributed by atoms with van der Waals surface area (Å²) in [6, 6.07) is 0. The number of nitrogens with zero attached hydrogens (tertiary/aromatic N) is 2. The molecule has 0 atom stereocenters. The van der Waals surface area contributed by atoms with Crippen LogP contribution in [0.25, 0.3) is 0 Å². The fourth-order valence-corrected chi connectivity index (χ4v) is 2.45. The summed E-state index contributed by atoms with van der Waals surface area (Å²) in [4.78, 5) is 10.3. The highest BCUT2D eigenvalue weighted by Crippen LogP contribution is 2.19. The summed E-state index contributed by atoms with van der Waals surface area (Å²) in [5, 5.41) is 12.7. The molecule has 90 valence electrons. The van der Waals surface area contributed by atoms with Crippen molar-refractivity contribution in [1.82, 2.24) is 9.78 Å². The molecule has 6 nitrogen and oxygen atoms in total. The molecule has 0 amide bonds. The summed E-state index contributed by atoms with van der Waals surface area (Å²) in [7, 11) is -3.72. The summed E-state index contributed by atoms with van der Waals surface area (Å²) in [6.45, 7) is 3.27. The van der Waals surface area contributed by atoms with Gasteiger partial charge in [-0.3, -0.25) is 9.48 Å². The van der Waals surface area contributed by atoms with Crippen LogP contribution in [-0.2, 0) is 20.5 Å². The Kier molecular flexibility index (Phi) is 3.59. The lowest BCUT2D eigenvalue weighted by molar-refractivity contribution is -0.134. The van der Waals surface area contributed by atoms with Crippen molar-refractivity contribution in [2.24, 2.45) is 0 Å². The van der Waals surface area contributed by atoms with Crippen molar-refractivity contribution >= 4 is 27.4 Å². The minimum atomic E-state index is -3.72. The fraction of sp³-hybridized carbons (Fsp3) is 0.500. The lowest BCUT2D eigenvalue weighted by Gasteiger charge is -2.03. The van der Waals surface area contributed by atoms with Crippen molar-refractivity contribution in [1.29, 1.82) is 0 Å². The van der Waals surface area contributed by atoms with Crippen LogP contribution < -0.4 is 0 Å². The van der Waals surface area contributed by atoms with Gasteiger partial charge in [-0.25, -0.2) is 8.42 Å². The predicted octanol–water partition coefficient (Wildman–Crippen LogP) is 0.610. The standard InChI is InChI=1S/C8H11ClN2O4S/c1-5-8(9)6(2)11(10-5)4-16(14,15)3-7(12)13/h3-4H2,1-2H3,(H,12,13). The molecule has 0 aliphatic heterocycles. The van der Waals surface area contributed by atoms with Crippen molar-refractivity contribution in [3.05, 3.63) is 16.4 Å². The van der Waals surface area contributed by atoms with Gasteiger partial charge in [-0.1, -0.05) is 11.6 Å². The third kappa shape index (κ3) is 2.96. The first-order valence-electron chi connectivity index (χ1n) is 4.34. The van der Waals surface area contributed by atoms with Gasteiger partial charge >= 0.3 is 5.97 Å². The molecule has 0 fully saturated rings. The van der Waals surface area contributed by atoms with E-state index in [0.29, 0.717) is 16.4 Å². The molecule has 1 rings (SSSR count). The zero-order valence-electron chi connectivity index (χ0n) is 8.77. The van der Waals surface area contributed by atoms with Crippen LogP contribution in [0.1, 0.15) is 11.4 Å². The van der Waals surface area contributed by atoms with Gasteiger partial charge < -0.3 is 5.11 Å². The van der Waals surface area contributed by atoms with Gasteiger partial charge in [0.15, 0.2) is 9.84 Å². The van der Waals surface area contributed by atoms with Gasteiger partial charge in [0.05, 0.1) is 16.4 Å². The minimum Gasteiger partial charge on any atom is -0.480 e. The summed E-state index contributed by atoms with van der Waals surface area (Å²) < 4.78 is 24.0. The van der Waals surface area contributed by atoms with E-state index in [4.69, 9.17) is 16.7 Å². The maximum absolute atomic E-state index is 11.4. The Balaban J connectivity index is 2.97. The first-order chi connectivity index (χ1) is 7.23. The third-order valence-electron chi connectivity index (χ3n) is 1.96. The fourth-order valence-electron chi connectivity index (χ4n) is 1.22. The average Bonchev–Trinajstić information content (AvgIpc) is 2.30. The second-order valence-corrected chi connectivity index (χ2v) is 5.81. The molecular formula is C8H11ClN2O4S. The molecule has 1 aromatic heterocycles. The Morgan fingerprint density at radius 3 is 2.44 bits per heavy atom. The highest BCUT2D eigenvalue weighted by Gasteiger charge is 2.19. The molecule has 0 saturated heterocycles. The number of rotatable bonds is 4. The average molecular weight is 267 g/mol. The summed E-state index contributed by atoms with van der Waals surface area (Å²) in [5.74, 6) is -2.77. The van der Waals surface area contributed by atoms with Crippen molar-refractivity contribution in [3.63, 3.8) is 0 Å². The lowest BCUT2D eigenvalue weighted by Crippen LogP contribution is -2.21. The second kappa shape index (κ2) is 4.42. The van der Waals surface area contributed by atoms with E-state index in [1.54, 1.807) is 13.8 Å². The normalized spacial score (nSPS) is 11.7. The van der Waals surface area contributed by atoms with Gasteiger partial charge in [0, 0.05) is 0 Å². The first-order valence-corrected chi connectivity index (χ1v) is 6.54. The van der Waals surface area contributed by atoms with E-state index in [1.165, 1.54) is 4.68 Å². The largest absolute Gasteiger partial charge is 0.480 e. The van der Waals surface area contributed by atoms with Gasteiger partial charge in [0.1, 0.15) is 11.6 Å². The molecule has 0 bridgehead atoms. The van der Waals surface area contributed by atoms with Crippen LogP contribution in [0.5, 0.6) is 0 Å². The zero-order valence-corrected chi connectivity index (χ0v) is 10.3. The second-order valence-electron chi connectivity index (χ2n) is 3.40. The number of aliphatic carboxylic acids is 1. The van der Waals surface area contributed by atoms with E-state index in [1.807, 2.05) is 0 Å². The first kappa shape index (κ1) is 13.0. The molecular weight excluding hydrogens is 256 g/mol. The predicted molar refractivity (Wildman–Crippen MR) is 58.1 cm³/mol. The van der Waals surface area contributed by atoms with Crippen molar-refractivity contribution in [3.8, 4) is 0 Å². The number of aromatic nitrogens is 2. The van der Waals surface area contributed by atoms with Crippen LogP contribution in [0.2, 0.25) is 5.02 Å². The van der Waals surface area contributed by atoms with Gasteiger partial charge in [-0.2, -0.15) is 5.10 Å². The molecule has 0 aliphatic rings. The highest BCUT2D eigenvalue weighted by molar-refractivity contribution is 7.91. The number of hydrogen-bond acceptors (Lipinski definition) is 4. The van der Waals surface area contributed by atoms with E-state index < -0.39 is 27.4 Å². The van der Waals surface area contributed by atoms with Crippen LogP contribution in [-0.4, -0.2) is 35.0 Å². The third-order valence-corrected chi connectivity index (χ3v) is 3.83. The lowest BCUT2D eigenvalue weighted by atomic mass is 10.4. The summed E-state index contributed by atoms with van der Waals surface area (Å²) in [5.41, 5.74) is 1.03. The van der Waals surface area contributed by atoms with E-state index in [-0.39, 0.29) is 0 Å². The van der Waals surface area contributed by atoms with E-state index in [0.717, 1.165) is 0 Å². The van der Waals surface area contributed by atoms with Gasteiger partial charge in [0.25, 0.3) is 0 Å². The van der Waals surface area contributed by atoms with Crippen LogP contribution in [0.15, 0.2) is 0 Å². The molecule has 0 aliphatic carbocycles. The Bertz CT molecular complexity index is 520. The zero-order chi connectivity index (χ0) is 12.5. The monoisotopic (exact) mass is 266 g/mol. The molecule has 0 aromatic carbocycles. The maximum atomic E-state index is 11.4. The van der Waals surface area contributed by atoms with E-state index in [2.05, 4.69) is 5.10 Å². The molecule has 8 heteroatoms. The van der Waals surface area contributed by atoms with Crippen LogP contribution >= 0.6 is 11.6 Å². The van der Waals surface area contributed by atoms with Crippen LogP contribution in [0, 0.1) is 13.8 Å². The van der Waals surface area contributed by atoms with Gasteiger partial charge in [0.2, 0.25) is 0 Å². The highest BCUT2D eigenvalue weighted by atomic mass is 35.5. The summed E-state index contributed by atoms with van der Waals surface area (Å²) >= 11 is 5.84. The smallest absolute Gasteiger partial charge is 0.318 e. The number of carboxylic acid groups (broad SMARTS) is 1. The van der Waals surface area contributed by atoms with E-state index >= 15 is 0 Å². The van der Waals surface area contributed by atoms with Crippen molar-refractivity contribution < 1.29 is 18.3 Å². The minimum absolute atomic E-state index is 0.394. The van der Waals surface area contributed by atoms with Crippen LogP contribution in [0.4, 0.5) is 0 Å². The molecule has 1 aromatic rings. The number of carboxylic acids is 1. The summed E-state index contributed by atoms with van der Waals surface area (Å²) in [6.07, 6.45) is 0. The maximum Gasteiger partial charge on any atom is 0.318 e. The van der Waals surface area contributed by atoms with E-state index in [9.17, 15) is 13.2 Å². The number of sulfone groups is 1. The number of hydrogen-bond donors (Lipinski definition) is 1. The van der Waals surface area contributed by atoms with Gasteiger partial charge in [-0.05, 0) is 13.8 Å². The molecule has 0 spiro atoms. The van der Waals surface area contributed by atoms with Gasteiger partial charge in [-0.15, -0.1) is 0 Å². The molecule has 0 radical (unpaired) electrons. The van der Waals surface area contributed by atoms with Crippen molar-refractivity contribution in [2.75, 3.05) is 5.75 Å². The number of aryl methyl sites for hydroxylation is 1. The quantitative estimate of drug-likeness (QED) is 0.862. The Morgan fingerprint density at radius 1 is 1.50 bits per heavy atom. The Hall–Kier alpha value is -1.08.